The third-order valence-electron chi connectivity index (χ3n) is 3.32. The predicted octanol–water partition coefficient (Wildman–Crippen LogP) is 3.64. The van der Waals surface area contributed by atoms with Crippen molar-refractivity contribution in [1.82, 2.24) is 5.32 Å². The summed E-state index contributed by atoms with van der Waals surface area (Å²) in [5, 5.41) is 3.67. The SMILES string of the molecule is CCCCCC(NCCCCN)c1ccccc1. The van der Waals surface area contributed by atoms with Crippen LogP contribution in [0.2, 0.25) is 0 Å². The zero-order valence-corrected chi connectivity index (χ0v) is 11.7. The van der Waals surface area contributed by atoms with Gasteiger partial charge in [-0.2, -0.15) is 0 Å². The number of unbranched alkanes of at least 4 members (excludes halogenated alkanes) is 3. The van der Waals surface area contributed by atoms with Gasteiger partial charge in [0.25, 0.3) is 0 Å². The van der Waals surface area contributed by atoms with Gasteiger partial charge in [-0.3, -0.25) is 0 Å². The molecule has 0 aromatic heterocycles. The normalized spacial score (nSPS) is 12.6. The Balaban J connectivity index is 2.42. The first-order chi connectivity index (χ1) is 8.88. The lowest BCUT2D eigenvalue weighted by Crippen LogP contribution is -2.23. The van der Waals surface area contributed by atoms with Gasteiger partial charge in [-0.15, -0.1) is 0 Å². The second kappa shape index (κ2) is 10.1. The molecule has 0 fully saturated rings. The molecular weight excluding hydrogens is 220 g/mol. The molecule has 1 rings (SSSR count). The molecule has 1 unspecified atom stereocenters. The van der Waals surface area contributed by atoms with Crippen molar-refractivity contribution in [1.29, 1.82) is 0 Å². The molecule has 18 heavy (non-hydrogen) atoms. The van der Waals surface area contributed by atoms with E-state index in [-0.39, 0.29) is 0 Å². The van der Waals surface area contributed by atoms with Crippen molar-refractivity contribution in [3.63, 3.8) is 0 Å². The van der Waals surface area contributed by atoms with Crippen LogP contribution in [0.1, 0.15) is 57.1 Å². The lowest BCUT2D eigenvalue weighted by Gasteiger charge is -2.19. The summed E-state index contributed by atoms with van der Waals surface area (Å²) in [6.07, 6.45) is 7.44. The summed E-state index contributed by atoms with van der Waals surface area (Å²) in [7, 11) is 0. The molecule has 3 N–H and O–H groups in total. The van der Waals surface area contributed by atoms with Crippen molar-refractivity contribution in [3.8, 4) is 0 Å². The zero-order chi connectivity index (χ0) is 13.1. The maximum Gasteiger partial charge on any atom is 0.0320 e. The van der Waals surface area contributed by atoms with Gasteiger partial charge in [0.2, 0.25) is 0 Å². The second-order valence-corrected chi connectivity index (χ2v) is 4.91. The van der Waals surface area contributed by atoms with Crippen molar-refractivity contribution in [2.75, 3.05) is 13.1 Å². The highest BCUT2D eigenvalue weighted by Gasteiger charge is 2.09. The van der Waals surface area contributed by atoms with Crippen LogP contribution < -0.4 is 11.1 Å². The largest absolute Gasteiger partial charge is 0.330 e. The van der Waals surface area contributed by atoms with E-state index >= 15 is 0 Å². The minimum absolute atomic E-state index is 0.510. The Hall–Kier alpha value is -0.860. The number of rotatable bonds is 10. The van der Waals surface area contributed by atoms with Crippen LogP contribution in [0.4, 0.5) is 0 Å². The van der Waals surface area contributed by atoms with Crippen molar-refractivity contribution in [2.24, 2.45) is 5.73 Å². The highest BCUT2D eigenvalue weighted by Crippen LogP contribution is 2.19. The molecule has 0 radical (unpaired) electrons. The quantitative estimate of drug-likeness (QED) is 0.620. The summed E-state index contributed by atoms with van der Waals surface area (Å²) in [5.74, 6) is 0. The Morgan fingerprint density at radius 1 is 1.06 bits per heavy atom. The third-order valence-corrected chi connectivity index (χ3v) is 3.32. The maximum absolute atomic E-state index is 5.53. The number of hydrogen-bond acceptors (Lipinski definition) is 2. The maximum atomic E-state index is 5.53. The topological polar surface area (TPSA) is 38.0 Å². The Kier molecular flexibility index (Phi) is 8.53. The average Bonchev–Trinajstić information content (AvgIpc) is 2.42. The van der Waals surface area contributed by atoms with Crippen molar-refractivity contribution in [2.45, 2.75) is 51.5 Å². The first-order valence-electron chi connectivity index (χ1n) is 7.37. The van der Waals surface area contributed by atoms with Gasteiger partial charge in [0.1, 0.15) is 0 Å². The molecule has 1 atom stereocenters. The molecule has 102 valence electrons. The average molecular weight is 248 g/mol. The van der Waals surface area contributed by atoms with Gasteiger partial charge < -0.3 is 11.1 Å². The van der Waals surface area contributed by atoms with Crippen LogP contribution in [0.25, 0.3) is 0 Å². The van der Waals surface area contributed by atoms with E-state index in [1.165, 1.54) is 37.7 Å². The molecular formula is C16H28N2. The van der Waals surface area contributed by atoms with E-state index in [4.69, 9.17) is 5.73 Å². The van der Waals surface area contributed by atoms with Gasteiger partial charge in [-0.1, -0.05) is 56.5 Å². The summed E-state index contributed by atoms with van der Waals surface area (Å²) in [5.41, 5.74) is 6.94. The lowest BCUT2D eigenvalue weighted by atomic mass is 10.0. The van der Waals surface area contributed by atoms with Crippen LogP contribution in [0, 0.1) is 0 Å². The van der Waals surface area contributed by atoms with Crippen molar-refractivity contribution in [3.05, 3.63) is 35.9 Å². The molecule has 0 spiro atoms. The van der Waals surface area contributed by atoms with E-state index in [9.17, 15) is 0 Å². The van der Waals surface area contributed by atoms with Crippen LogP contribution in [0.3, 0.4) is 0 Å². The van der Waals surface area contributed by atoms with E-state index < -0.39 is 0 Å². The van der Waals surface area contributed by atoms with E-state index in [0.717, 1.165) is 19.5 Å². The number of nitrogens with two attached hydrogens (primary N) is 1. The molecule has 0 aliphatic rings. The summed E-state index contributed by atoms with van der Waals surface area (Å²) < 4.78 is 0. The van der Waals surface area contributed by atoms with Crippen molar-refractivity contribution >= 4 is 0 Å². The monoisotopic (exact) mass is 248 g/mol. The summed E-state index contributed by atoms with van der Waals surface area (Å²) in [6.45, 7) is 4.13. The van der Waals surface area contributed by atoms with Gasteiger partial charge in [0.05, 0.1) is 0 Å². The van der Waals surface area contributed by atoms with Crippen LogP contribution >= 0.6 is 0 Å². The van der Waals surface area contributed by atoms with Gasteiger partial charge in [0, 0.05) is 6.04 Å². The first kappa shape index (κ1) is 15.2. The minimum Gasteiger partial charge on any atom is -0.330 e. The van der Waals surface area contributed by atoms with Crippen LogP contribution in [-0.4, -0.2) is 13.1 Å². The van der Waals surface area contributed by atoms with E-state index in [0.29, 0.717) is 6.04 Å². The van der Waals surface area contributed by atoms with Gasteiger partial charge in [-0.05, 0) is 37.9 Å². The number of nitrogens with one attached hydrogen (secondary N) is 1. The highest BCUT2D eigenvalue weighted by atomic mass is 14.9. The predicted molar refractivity (Wildman–Crippen MR) is 79.6 cm³/mol. The lowest BCUT2D eigenvalue weighted by molar-refractivity contribution is 0.466. The van der Waals surface area contributed by atoms with Crippen molar-refractivity contribution < 1.29 is 0 Å². The van der Waals surface area contributed by atoms with Crippen LogP contribution in [-0.2, 0) is 0 Å². The van der Waals surface area contributed by atoms with Gasteiger partial charge in [-0.25, -0.2) is 0 Å². The summed E-state index contributed by atoms with van der Waals surface area (Å²) in [4.78, 5) is 0. The standard InChI is InChI=1S/C16H28N2/c1-2-3-5-12-16(18-14-9-8-13-17)15-10-6-4-7-11-15/h4,6-7,10-11,16,18H,2-3,5,8-9,12-14,17H2,1H3. The fraction of sp³-hybridized carbons (Fsp3) is 0.625. The molecule has 2 heteroatoms. The Morgan fingerprint density at radius 3 is 2.50 bits per heavy atom. The molecule has 0 heterocycles. The molecule has 0 saturated carbocycles. The molecule has 1 aromatic rings. The van der Waals surface area contributed by atoms with E-state index in [1.807, 2.05) is 0 Å². The Labute approximate surface area is 112 Å². The number of benzene rings is 1. The van der Waals surface area contributed by atoms with E-state index in [2.05, 4.69) is 42.6 Å². The molecule has 0 saturated heterocycles. The molecule has 0 amide bonds. The molecule has 0 aliphatic heterocycles. The first-order valence-corrected chi connectivity index (χ1v) is 7.37. The Morgan fingerprint density at radius 2 is 1.83 bits per heavy atom. The molecule has 1 aromatic carbocycles. The fourth-order valence-electron chi connectivity index (χ4n) is 2.22. The molecule has 0 bridgehead atoms. The van der Waals surface area contributed by atoms with Crippen LogP contribution in [0.15, 0.2) is 30.3 Å². The fourth-order valence-corrected chi connectivity index (χ4v) is 2.22. The highest BCUT2D eigenvalue weighted by molar-refractivity contribution is 5.18. The zero-order valence-electron chi connectivity index (χ0n) is 11.7. The van der Waals surface area contributed by atoms with Crippen LogP contribution in [0.5, 0.6) is 0 Å². The summed E-state index contributed by atoms with van der Waals surface area (Å²) in [6, 6.07) is 11.3. The Bertz CT molecular complexity index is 284. The number of hydrogen-bond donors (Lipinski definition) is 2. The second-order valence-electron chi connectivity index (χ2n) is 4.91. The minimum atomic E-state index is 0.510. The van der Waals surface area contributed by atoms with E-state index in [1.54, 1.807) is 0 Å². The third kappa shape index (κ3) is 6.18. The smallest absolute Gasteiger partial charge is 0.0320 e. The van der Waals surface area contributed by atoms with Gasteiger partial charge in [0.15, 0.2) is 0 Å². The molecule has 0 aliphatic carbocycles. The molecule has 2 nitrogen and oxygen atoms in total. The van der Waals surface area contributed by atoms with Gasteiger partial charge >= 0.3 is 0 Å². The summed E-state index contributed by atoms with van der Waals surface area (Å²) >= 11 is 0.